The Bertz CT molecular complexity index is 1190. The fourth-order valence-electron chi connectivity index (χ4n) is 5.39. The summed E-state index contributed by atoms with van der Waals surface area (Å²) in [5.41, 5.74) is 2.66. The zero-order valence-corrected chi connectivity index (χ0v) is 25.5. The van der Waals surface area contributed by atoms with Crippen molar-refractivity contribution in [2.24, 2.45) is 5.92 Å². The van der Waals surface area contributed by atoms with Gasteiger partial charge in [0.25, 0.3) is 5.91 Å². The van der Waals surface area contributed by atoms with E-state index in [2.05, 4.69) is 15.5 Å². The Hall–Kier alpha value is -3.25. The predicted octanol–water partition coefficient (Wildman–Crippen LogP) is 2.01. The lowest BCUT2D eigenvalue weighted by Crippen LogP contribution is -2.43. The lowest BCUT2D eigenvalue weighted by Gasteiger charge is -2.27. The molecule has 0 aliphatic carbocycles. The van der Waals surface area contributed by atoms with Crippen LogP contribution in [-0.4, -0.2) is 94.5 Å². The fraction of sp³-hybridized carbons (Fsp3) is 0.600. The number of carbonyl (C=O) groups is 6. The van der Waals surface area contributed by atoms with Crippen molar-refractivity contribution < 1.29 is 33.9 Å². The lowest BCUT2D eigenvalue weighted by atomic mass is 9.94. The standard InChI is InChI=1S/C30H42N4O7S/c1-19-17-27(37)34(29(19)39)14-5-4-9-24(30(40)41)31-26(36)11-10-25(35)23(13-16-42-3)32-28(38)22-8-6-7-20-18-33(2)15-12-21(20)22/h6-8,19,23-24H,4-5,9-18H2,1-3H3,(H,31,36)(H,32,38)(H,40,41)/t19?,23-,24-/m0/s1. The number of Topliss-reactive ketones (excluding diaryl/α,β-unsaturated/α-hetero) is 1. The summed E-state index contributed by atoms with van der Waals surface area (Å²) in [6, 6.07) is 3.73. The van der Waals surface area contributed by atoms with Gasteiger partial charge in [-0.15, -0.1) is 0 Å². The van der Waals surface area contributed by atoms with Gasteiger partial charge in [0.15, 0.2) is 5.78 Å². The number of carboxylic acid groups (broad SMARTS) is 1. The highest BCUT2D eigenvalue weighted by atomic mass is 32.2. The average Bonchev–Trinajstić information content (AvgIpc) is 3.20. The van der Waals surface area contributed by atoms with Crippen LogP contribution in [0.5, 0.6) is 0 Å². The number of imide groups is 1. The van der Waals surface area contributed by atoms with E-state index in [-0.39, 0.29) is 61.7 Å². The first-order valence-corrected chi connectivity index (χ1v) is 15.9. The average molecular weight is 603 g/mol. The zero-order valence-electron chi connectivity index (χ0n) is 24.6. The summed E-state index contributed by atoms with van der Waals surface area (Å²) in [5, 5.41) is 14.9. The molecule has 0 aromatic heterocycles. The first-order chi connectivity index (χ1) is 20.0. The number of fused-ring (bicyclic) bond motifs is 1. The van der Waals surface area contributed by atoms with Gasteiger partial charge in [0.2, 0.25) is 17.7 Å². The number of ketones is 1. The van der Waals surface area contributed by atoms with Crippen LogP contribution in [0.15, 0.2) is 18.2 Å². The number of aliphatic carboxylic acids is 1. The number of likely N-dealkylation sites (tertiary alicyclic amines) is 1. The largest absolute Gasteiger partial charge is 0.480 e. The van der Waals surface area contributed by atoms with Gasteiger partial charge in [-0.2, -0.15) is 11.8 Å². The second-order valence-corrected chi connectivity index (χ2v) is 12.1. The topological polar surface area (TPSA) is 153 Å². The van der Waals surface area contributed by atoms with Crippen LogP contribution in [0.25, 0.3) is 0 Å². The first-order valence-electron chi connectivity index (χ1n) is 14.5. The maximum atomic E-state index is 13.2. The van der Waals surface area contributed by atoms with Gasteiger partial charge in [-0.1, -0.05) is 19.1 Å². The van der Waals surface area contributed by atoms with Gasteiger partial charge >= 0.3 is 5.97 Å². The number of hydrogen-bond donors (Lipinski definition) is 3. The maximum absolute atomic E-state index is 13.2. The van der Waals surface area contributed by atoms with Crippen molar-refractivity contribution >= 4 is 47.1 Å². The van der Waals surface area contributed by atoms with Crippen molar-refractivity contribution in [1.82, 2.24) is 20.4 Å². The maximum Gasteiger partial charge on any atom is 0.326 e. The van der Waals surface area contributed by atoms with E-state index in [0.717, 1.165) is 30.6 Å². The quantitative estimate of drug-likeness (QED) is 0.191. The minimum absolute atomic E-state index is 0.129. The molecule has 2 heterocycles. The van der Waals surface area contributed by atoms with Gasteiger partial charge in [0, 0.05) is 50.4 Å². The summed E-state index contributed by atoms with van der Waals surface area (Å²) in [6.07, 6.45) is 3.89. The van der Waals surface area contributed by atoms with Gasteiger partial charge in [0.05, 0.1) is 6.04 Å². The minimum Gasteiger partial charge on any atom is -0.480 e. The molecule has 1 aromatic carbocycles. The van der Waals surface area contributed by atoms with Gasteiger partial charge in [-0.05, 0) is 68.4 Å². The molecule has 3 N–H and O–H groups in total. The third-order valence-corrected chi connectivity index (χ3v) is 8.48. The van der Waals surface area contributed by atoms with Crippen LogP contribution in [-0.2, 0) is 36.9 Å². The highest BCUT2D eigenvalue weighted by Crippen LogP contribution is 2.22. The number of unbranched alkanes of at least 4 members (excludes halogenated alkanes) is 1. The van der Waals surface area contributed by atoms with E-state index in [0.29, 0.717) is 30.6 Å². The van der Waals surface area contributed by atoms with E-state index >= 15 is 0 Å². The Labute approximate surface area is 251 Å². The molecule has 2 aliphatic heterocycles. The molecular weight excluding hydrogens is 560 g/mol. The number of carboxylic acids is 1. The normalized spacial score (nSPS) is 18.4. The minimum atomic E-state index is -1.20. The van der Waals surface area contributed by atoms with Crippen LogP contribution < -0.4 is 10.6 Å². The number of nitrogens with one attached hydrogen (secondary N) is 2. The van der Waals surface area contributed by atoms with Crippen molar-refractivity contribution in [1.29, 1.82) is 0 Å². The van der Waals surface area contributed by atoms with Crippen molar-refractivity contribution in [3.63, 3.8) is 0 Å². The molecule has 0 spiro atoms. The monoisotopic (exact) mass is 602 g/mol. The van der Waals surface area contributed by atoms with Gasteiger partial charge in [-0.25, -0.2) is 4.79 Å². The number of carbonyl (C=O) groups excluding carboxylic acids is 5. The molecule has 12 heteroatoms. The number of thioether (sulfide) groups is 1. The smallest absolute Gasteiger partial charge is 0.326 e. The summed E-state index contributed by atoms with van der Waals surface area (Å²) in [6.45, 7) is 3.53. The van der Waals surface area contributed by atoms with E-state index in [9.17, 15) is 33.9 Å². The molecule has 3 atom stereocenters. The van der Waals surface area contributed by atoms with E-state index in [4.69, 9.17) is 0 Å². The number of nitrogens with zero attached hydrogens (tertiary/aromatic N) is 2. The summed E-state index contributed by atoms with van der Waals surface area (Å²) in [4.78, 5) is 78.0. The van der Waals surface area contributed by atoms with Gasteiger partial charge < -0.3 is 20.6 Å². The Morgan fingerprint density at radius 2 is 1.83 bits per heavy atom. The molecule has 1 aromatic rings. The molecule has 1 fully saturated rings. The molecule has 230 valence electrons. The van der Waals surface area contributed by atoms with Gasteiger partial charge in [0.1, 0.15) is 6.04 Å². The Morgan fingerprint density at radius 1 is 1.07 bits per heavy atom. The second kappa shape index (κ2) is 15.8. The molecule has 0 saturated carbocycles. The fourth-order valence-corrected chi connectivity index (χ4v) is 5.86. The number of benzene rings is 1. The first kappa shape index (κ1) is 33.3. The second-order valence-electron chi connectivity index (χ2n) is 11.1. The number of likely N-dealkylation sites (N-methyl/N-ethyl adjacent to an activating group) is 1. The highest BCUT2D eigenvalue weighted by Gasteiger charge is 2.35. The molecule has 0 radical (unpaired) electrons. The SMILES string of the molecule is CSCC[C@H](NC(=O)c1cccc2c1CCN(C)C2)C(=O)CCC(=O)N[C@@H](CCCCN1C(=O)CC(C)C1=O)C(=O)O. The van der Waals surface area contributed by atoms with Crippen molar-refractivity contribution in [2.45, 2.75) is 76.9 Å². The van der Waals surface area contributed by atoms with Crippen LogP contribution in [0.4, 0.5) is 0 Å². The molecule has 11 nitrogen and oxygen atoms in total. The highest BCUT2D eigenvalue weighted by molar-refractivity contribution is 7.98. The van der Waals surface area contributed by atoms with E-state index < -0.39 is 24.0 Å². The summed E-state index contributed by atoms with van der Waals surface area (Å²) >= 11 is 1.55. The third-order valence-electron chi connectivity index (χ3n) is 7.83. The molecule has 42 heavy (non-hydrogen) atoms. The molecule has 3 rings (SSSR count). The van der Waals surface area contributed by atoms with Crippen LogP contribution in [0, 0.1) is 5.92 Å². The van der Waals surface area contributed by atoms with Crippen molar-refractivity contribution in [3.05, 3.63) is 34.9 Å². The van der Waals surface area contributed by atoms with Crippen LogP contribution >= 0.6 is 11.8 Å². The van der Waals surface area contributed by atoms with Crippen molar-refractivity contribution in [2.75, 3.05) is 32.1 Å². The Balaban J connectivity index is 1.50. The van der Waals surface area contributed by atoms with Crippen LogP contribution in [0.2, 0.25) is 0 Å². The third kappa shape index (κ3) is 9.12. The van der Waals surface area contributed by atoms with Crippen LogP contribution in [0.3, 0.4) is 0 Å². The zero-order chi connectivity index (χ0) is 30.8. The van der Waals surface area contributed by atoms with E-state index in [1.54, 1.807) is 24.8 Å². The number of amides is 4. The predicted molar refractivity (Wildman–Crippen MR) is 159 cm³/mol. The van der Waals surface area contributed by atoms with E-state index in [1.165, 1.54) is 4.90 Å². The number of hydrogen-bond acceptors (Lipinski definition) is 8. The molecule has 0 bridgehead atoms. The molecule has 1 unspecified atom stereocenters. The molecule has 1 saturated heterocycles. The van der Waals surface area contributed by atoms with Crippen LogP contribution in [0.1, 0.15) is 73.4 Å². The molecule has 2 aliphatic rings. The van der Waals surface area contributed by atoms with Crippen molar-refractivity contribution in [3.8, 4) is 0 Å². The Kier molecular flexibility index (Phi) is 12.5. The molecular formula is C30H42N4O7S. The Morgan fingerprint density at radius 3 is 2.50 bits per heavy atom. The molecule has 4 amide bonds. The number of rotatable bonds is 16. The van der Waals surface area contributed by atoms with E-state index in [1.807, 2.05) is 25.4 Å². The summed E-state index contributed by atoms with van der Waals surface area (Å²) in [5.74, 6) is -2.46. The summed E-state index contributed by atoms with van der Waals surface area (Å²) in [7, 11) is 2.03. The summed E-state index contributed by atoms with van der Waals surface area (Å²) < 4.78 is 0. The van der Waals surface area contributed by atoms with Gasteiger partial charge in [-0.3, -0.25) is 28.9 Å². The lowest BCUT2D eigenvalue weighted by molar-refractivity contribution is -0.142.